The molecule has 1 saturated carbocycles. The van der Waals surface area contributed by atoms with Crippen LogP contribution >= 0.6 is 0 Å². The van der Waals surface area contributed by atoms with Gasteiger partial charge in [-0.3, -0.25) is 4.79 Å². The van der Waals surface area contributed by atoms with Crippen molar-refractivity contribution in [2.45, 2.75) is 59.0 Å². The SMILES string of the molecule is CC(C)[C@@H]1CC[C@@H](C)C[C@H]1OC(=O)CCc1nc(-c2ccccc2)c(-c2ccccc2)o1. The maximum Gasteiger partial charge on any atom is 0.306 e. The first-order valence-corrected chi connectivity index (χ1v) is 11.8. The molecular formula is C28H33NO3. The Morgan fingerprint density at radius 3 is 2.34 bits per heavy atom. The van der Waals surface area contributed by atoms with Crippen molar-refractivity contribution in [1.82, 2.24) is 4.98 Å². The van der Waals surface area contributed by atoms with Crippen molar-refractivity contribution in [2.75, 3.05) is 0 Å². The number of aryl methyl sites for hydroxylation is 1. The van der Waals surface area contributed by atoms with Crippen LogP contribution in [0.25, 0.3) is 22.6 Å². The molecule has 1 aliphatic rings. The summed E-state index contributed by atoms with van der Waals surface area (Å²) in [6, 6.07) is 20.0. The highest BCUT2D eigenvalue weighted by Gasteiger charge is 2.33. The van der Waals surface area contributed by atoms with E-state index in [0.29, 0.717) is 30.1 Å². The lowest BCUT2D eigenvalue weighted by molar-refractivity contribution is -0.156. The number of hydrogen-bond donors (Lipinski definition) is 0. The zero-order chi connectivity index (χ0) is 22.5. The molecule has 1 aromatic heterocycles. The number of oxazole rings is 1. The van der Waals surface area contributed by atoms with Crippen molar-refractivity contribution >= 4 is 5.97 Å². The highest BCUT2D eigenvalue weighted by Crippen LogP contribution is 2.36. The van der Waals surface area contributed by atoms with Gasteiger partial charge in [-0.05, 0) is 30.6 Å². The third-order valence-electron chi connectivity index (χ3n) is 6.54. The number of carbonyl (C=O) groups is 1. The fourth-order valence-corrected chi connectivity index (χ4v) is 4.74. The van der Waals surface area contributed by atoms with Gasteiger partial charge in [-0.15, -0.1) is 0 Å². The van der Waals surface area contributed by atoms with Gasteiger partial charge in [0.1, 0.15) is 11.8 Å². The Kier molecular flexibility index (Phi) is 7.09. The van der Waals surface area contributed by atoms with E-state index < -0.39 is 0 Å². The number of benzene rings is 2. The quantitative estimate of drug-likeness (QED) is 0.380. The van der Waals surface area contributed by atoms with Crippen LogP contribution in [0.15, 0.2) is 65.1 Å². The van der Waals surface area contributed by atoms with Crippen LogP contribution in [-0.2, 0) is 16.0 Å². The number of ether oxygens (including phenoxy) is 1. The molecule has 0 N–H and O–H groups in total. The summed E-state index contributed by atoms with van der Waals surface area (Å²) in [4.78, 5) is 17.5. The van der Waals surface area contributed by atoms with E-state index in [1.807, 2.05) is 60.7 Å². The molecule has 168 valence electrons. The van der Waals surface area contributed by atoms with Crippen molar-refractivity contribution in [3.63, 3.8) is 0 Å². The number of hydrogen-bond acceptors (Lipinski definition) is 4. The van der Waals surface area contributed by atoms with E-state index in [2.05, 4.69) is 20.8 Å². The second kappa shape index (κ2) is 10.2. The molecular weight excluding hydrogens is 398 g/mol. The standard InChI is InChI=1S/C28H33NO3/c1-19(2)23-15-14-20(3)18-24(23)31-26(30)17-16-25-29-27(21-10-6-4-7-11-21)28(32-25)22-12-8-5-9-13-22/h4-13,19-20,23-24H,14-18H2,1-3H3/t20-,23+,24-/m1/s1. The predicted molar refractivity (Wildman–Crippen MR) is 127 cm³/mol. The van der Waals surface area contributed by atoms with Crippen molar-refractivity contribution < 1.29 is 13.9 Å². The fourth-order valence-electron chi connectivity index (χ4n) is 4.74. The molecule has 0 spiro atoms. The summed E-state index contributed by atoms with van der Waals surface area (Å²) in [5.74, 6) is 2.73. The minimum Gasteiger partial charge on any atom is -0.462 e. The Morgan fingerprint density at radius 2 is 1.69 bits per heavy atom. The average Bonchev–Trinajstić information content (AvgIpc) is 3.23. The van der Waals surface area contributed by atoms with Crippen molar-refractivity contribution in [1.29, 1.82) is 0 Å². The minimum atomic E-state index is -0.157. The molecule has 0 saturated heterocycles. The summed E-state index contributed by atoms with van der Waals surface area (Å²) in [6.07, 6.45) is 4.05. The minimum absolute atomic E-state index is 0.0237. The fraction of sp³-hybridized carbons (Fsp3) is 0.429. The summed E-state index contributed by atoms with van der Waals surface area (Å²) in [7, 11) is 0. The lowest BCUT2D eigenvalue weighted by Crippen LogP contribution is -2.35. The molecule has 1 fully saturated rings. The first-order valence-electron chi connectivity index (χ1n) is 11.8. The van der Waals surface area contributed by atoms with Gasteiger partial charge in [0, 0.05) is 17.5 Å². The Hall–Kier alpha value is -2.88. The van der Waals surface area contributed by atoms with E-state index in [-0.39, 0.29) is 18.5 Å². The Morgan fingerprint density at radius 1 is 1.03 bits per heavy atom. The van der Waals surface area contributed by atoms with E-state index in [0.717, 1.165) is 35.4 Å². The second-order valence-corrected chi connectivity index (χ2v) is 9.37. The molecule has 32 heavy (non-hydrogen) atoms. The molecule has 2 aromatic carbocycles. The molecule has 0 amide bonds. The molecule has 3 aromatic rings. The summed E-state index contributed by atoms with van der Waals surface area (Å²) < 4.78 is 12.1. The molecule has 0 radical (unpaired) electrons. The number of rotatable bonds is 7. The average molecular weight is 432 g/mol. The summed E-state index contributed by atoms with van der Waals surface area (Å²) in [6.45, 7) is 6.70. The van der Waals surface area contributed by atoms with Gasteiger partial charge in [0.25, 0.3) is 0 Å². The molecule has 4 nitrogen and oxygen atoms in total. The molecule has 0 aliphatic heterocycles. The van der Waals surface area contributed by atoms with Crippen LogP contribution in [0.2, 0.25) is 0 Å². The van der Waals surface area contributed by atoms with Gasteiger partial charge in [-0.25, -0.2) is 4.98 Å². The Labute approximate surface area is 191 Å². The maximum atomic E-state index is 12.7. The first-order chi connectivity index (χ1) is 15.5. The van der Waals surface area contributed by atoms with Crippen molar-refractivity contribution in [3.8, 4) is 22.6 Å². The Bertz CT molecular complexity index is 953. The largest absolute Gasteiger partial charge is 0.462 e. The first kappa shape index (κ1) is 22.3. The molecule has 4 heteroatoms. The molecule has 3 atom stereocenters. The number of aromatic nitrogens is 1. The van der Waals surface area contributed by atoms with E-state index >= 15 is 0 Å². The van der Waals surface area contributed by atoms with Gasteiger partial charge in [0.05, 0.1) is 6.42 Å². The third kappa shape index (κ3) is 5.29. The van der Waals surface area contributed by atoms with Gasteiger partial charge in [-0.2, -0.15) is 0 Å². The maximum absolute atomic E-state index is 12.7. The van der Waals surface area contributed by atoms with Crippen LogP contribution in [0, 0.1) is 17.8 Å². The molecule has 0 bridgehead atoms. The van der Waals surface area contributed by atoms with E-state index in [1.54, 1.807) is 0 Å². The Balaban J connectivity index is 1.47. The summed E-state index contributed by atoms with van der Waals surface area (Å²) >= 11 is 0. The van der Waals surface area contributed by atoms with Gasteiger partial charge in [0.15, 0.2) is 11.7 Å². The molecule has 4 rings (SSSR count). The summed E-state index contributed by atoms with van der Waals surface area (Å²) in [5, 5.41) is 0. The van der Waals surface area contributed by atoms with Crippen LogP contribution < -0.4 is 0 Å². The van der Waals surface area contributed by atoms with E-state index in [4.69, 9.17) is 14.1 Å². The second-order valence-electron chi connectivity index (χ2n) is 9.37. The zero-order valence-corrected chi connectivity index (χ0v) is 19.3. The molecule has 0 unspecified atom stereocenters. The number of esters is 1. The molecule has 1 heterocycles. The van der Waals surface area contributed by atoms with Crippen LogP contribution in [-0.4, -0.2) is 17.1 Å². The summed E-state index contributed by atoms with van der Waals surface area (Å²) in [5.41, 5.74) is 2.78. The van der Waals surface area contributed by atoms with E-state index in [9.17, 15) is 4.79 Å². The predicted octanol–water partition coefficient (Wildman–Crippen LogP) is 6.95. The highest BCUT2D eigenvalue weighted by atomic mass is 16.5. The normalized spacial score (nSPS) is 20.9. The van der Waals surface area contributed by atoms with Crippen LogP contribution in [0.1, 0.15) is 52.3 Å². The van der Waals surface area contributed by atoms with Gasteiger partial charge in [-0.1, -0.05) is 87.9 Å². The van der Waals surface area contributed by atoms with Gasteiger partial charge in [0.2, 0.25) is 0 Å². The lowest BCUT2D eigenvalue weighted by atomic mass is 9.75. The van der Waals surface area contributed by atoms with E-state index in [1.165, 1.54) is 6.42 Å². The topological polar surface area (TPSA) is 52.3 Å². The van der Waals surface area contributed by atoms with Crippen LogP contribution in [0.4, 0.5) is 0 Å². The monoisotopic (exact) mass is 431 g/mol. The number of nitrogens with zero attached hydrogens (tertiary/aromatic N) is 1. The lowest BCUT2D eigenvalue weighted by Gasteiger charge is -2.36. The van der Waals surface area contributed by atoms with Crippen molar-refractivity contribution in [3.05, 3.63) is 66.6 Å². The van der Waals surface area contributed by atoms with Crippen LogP contribution in [0.3, 0.4) is 0 Å². The zero-order valence-electron chi connectivity index (χ0n) is 19.3. The highest BCUT2D eigenvalue weighted by molar-refractivity contribution is 5.77. The van der Waals surface area contributed by atoms with Gasteiger partial charge < -0.3 is 9.15 Å². The third-order valence-corrected chi connectivity index (χ3v) is 6.54. The van der Waals surface area contributed by atoms with Gasteiger partial charge >= 0.3 is 5.97 Å². The molecule has 1 aliphatic carbocycles. The van der Waals surface area contributed by atoms with Crippen LogP contribution in [0.5, 0.6) is 0 Å². The smallest absolute Gasteiger partial charge is 0.306 e. The number of carbonyl (C=O) groups excluding carboxylic acids is 1. The van der Waals surface area contributed by atoms with Crippen molar-refractivity contribution in [2.24, 2.45) is 17.8 Å².